The average Bonchev–Trinajstić information content (AvgIpc) is 3.12. The van der Waals surface area contributed by atoms with Crippen LogP contribution in [-0.2, 0) is 13.1 Å². The second-order valence-corrected chi connectivity index (χ2v) is 8.25. The summed E-state index contributed by atoms with van der Waals surface area (Å²) in [4.78, 5) is 22.4. The first-order chi connectivity index (χ1) is 14.0. The van der Waals surface area contributed by atoms with Gasteiger partial charge >= 0.3 is 0 Å². The molecule has 2 heterocycles. The molecule has 4 rings (SSSR count). The zero-order chi connectivity index (χ0) is 20.4. The second kappa shape index (κ2) is 8.37. The number of methoxy groups -OCH3 is 1. The van der Waals surface area contributed by atoms with Gasteiger partial charge in [0, 0.05) is 27.1 Å². The van der Waals surface area contributed by atoms with Gasteiger partial charge in [-0.15, -0.1) is 11.3 Å². The smallest absolute Gasteiger partial charge is 0.260 e. The van der Waals surface area contributed by atoms with Gasteiger partial charge in [0.1, 0.15) is 23.7 Å². The normalized spacial score (nSPS) is 12.2. The molecular weight excluding hydrogens is 406 g/mol. The fourth-order valence-corrected chi connectivity index (χ4v) is 4.63. The highest BCUT2D eigenvalue weighted by molar-refractivity contribution is 7.17. The third kappa shape index (κ3) is 4.19. The highest BCUT2D eigenvalue weighted by atomic mass is 35.5. The molecule has 29 heavy (non-hydrogen) atoms. The van der Waals surface area contributed by atoms with Crippen LogP contribution >= 0.6 is 22.9 Å². The van der Waals surface area contributed by atoms with E-state index in [9.17, 15) is 4.79 Å². The Balaban J connectivity index is 1.59. The zero-order valence-electron chi connectivity index (χ0n) is 16.2. The summed E-state index contributed by atoms with van der Waals surface area (Å²) in [5, 5.41) is 3.17. The molecule has 0 spiro atoms. The van der Waals surface area contributed by atoms with Crippen molar-refractivity contribution in [3.63, 3.8) is 0 Å². The van der Waals surface area contributed by atoms with Crippen LogP contribution < -0.4 is 15.2 Å². The monoisotopic (exact) mass is 426 g/mol. The van der Waals surface area contributed by atoms with Crippen molar-refractivity contribution in [2.45, 2.75) is 13.1 Å². The van der Waals surface area contributed by atoms with Crippen LogP contribution in [0.15, 0.2) is 58.7 Å². The molecule has 0 aliphatic carbocycles. The summed E-state index contributed by atoms with van der Waals surface area (Å²) < 4.78 is 5.29. The zero-order valence-corrected chi connectivity index (χ0v) is 17.7. The number of halogens is 1. The molecule has 7 heteroatoms. The highest BCUT2D eigenvalue weighted by Gasteiger charge is 2.16. The lowest BCUT2D eigenvalue weighted by molar-refractivity contribution is -0.908. The Morgan fingerprint density at radius 1 is 1.14 bits per heavy atom. The quantitative estimate of drug-likeness (QED) is 0.496. The third-order valence-corrected chi connectivity index (χ3v) is 5.97. The lowest BCUT2D eigenvalue weighted by atomic mass is 10.1. The number of nitrogens with one attached hydrogen (secondary N) is 2. The molecule has 0 aliphatic rings. The number of nitrogens with zero attached hydrogens (tertiary/aromatic N) is 1. The Hall–Kier alpha value is -2.67. The molecule has 0 saturated carbocycles. The van der Waals surface area contributed by atoms with Crippen molar-refractivity contribution in [1.82, 2.24) is 9.97 Å². The van der Waals surface area contributed by atoms with Crippen LogP contribution in [0.1, 0.15) is 11.4 Å². The van der Waals surface area contributed by atoms with Gasteiger partial charge in [0.2, 0.25) is 0 Å². The van der Waals surface area contributed by atoms with E-state index in [1.165, 1.54) is 21.8 Å². The largest absolute Gasteiger partial charge is 0.497 e. The SMILES string of the molecule is COc1cccc(C[NH+](C)Cc2nc3scc(-c4ccccc4Cl)c3c(=O)[nH]2)c1. The predicted molar refractivity (Wildman–Crippen MR) is 118 cm³/mol. The summed E-state index contributed by atoms with van der Waals surface area (Å²) in [7, 11) is 3.74. The van der Waals surface area contributed by atoms with Crippen molar-refractivity contribution >= 4 is 33.2 Å². The Morgan fingerprint density at radius 2 is 1.97 bits per heavy atom. The molecule has 0 bridgehead atoms. The Morgan fingerprint density at radius 3 is 2.76 bits per heavy atom. The van der Waals surface area contributed by atoms with Gasteiger partial charge in [-0.05, 0) is 18.2 Å². The minimum absolute atomic E-state index is 0.129. The maximum atomic E-state index is 12.8. The van der Waals surface area contributed by atoms with E-state index in [0.29, 0.717) is 22.8 Å². The Bertz CT molecular complexity index is 1220. The standard InChI is InChI=1S/C22H20ClN3O2S/c1-26(11-14-6-5-7-15(10-14)28-2)12-19-24-21(27)20-17(13-29-22(20)25-19)16-8-3-4-9-18(16)23/h3-10,13H,11-12H2,1-2H3,(H,24,25,27)/p+1. The summed E-state index contributed by atoms with van der Waals surface area (Å²) in [6.07, 6.45) is 0. The summed E-state index contributed by atoms with van der Waals surface area (Å²) in [5.74, 6) is 1.52. The van der Waals surface area contributed by atoms with Crippen molar-refractivity contribution in [3.8, 4) is 16.9 Å². The van der Waals surface area contributed by atoms with Crippen LogP contribution in [-0.4, -0.2) is 24.1 Å². The van der Waals surface area contributed by atoms with Crippen LogP contribution in [0, 0.1) is 0 Å². The topological polar surface area (TPSA) is 59.4 Å². The van der Waals surface area contributed by atoms with Crippen molar-refractivity contribution < 1.29 is 9.64 Å². The van der Waals surface area contributed by atoms with E-state index in [-0.39, 0.29) is 5.56 Å². The number of benzene rings is 2. The molecule has 5 nitrogen and oxygen atoms in total. The van der Waals surface area contributed by atoms with Gasteiger partial charge in [0.05, 0.1) is 19.5 Å². The van der Waals surface area contributed by atoms with Gasteiger partial charge in [-0.1, -0.05) is 41.9 Å². The Labute approximate surface area is 177 Å². The minimum Gasteiger partial charge on any atom is -0.497 e. The van der Waals surface area contributed by atoms with Crippen LogP contribution in [0.25, 0.3) is 21.3 Å². The third-order valence-electron chi connectivity index (χ3n) is 4.77. The summed E-state index contributed by atoms with van der Waals surface area (Å²) in [5.41, 5.74) is 2.71. The first-order valence-corrected chi connectivity index (χ1v) is 10.5. The Kier molecular flexibility index (Phi) is 5.67. The molecular formula is C22H21ClN3O2S+. The molecule has 0 saturated heterocycles. The minimum atomic E-state index is -0.129. The van der Waals surface area contributed by atoms with Crippen molar-refractivity contribution in [3.05, 3.63) is 80.7 Å². The van der Waals surface area contributed by atoms with Gasteiger partial charge in [-0.2, -0.15) is 0 Å². The molecule has 1 unspecified atom stereocenters. The maximum Gasteiger partial charge on any atom is 0.260 e. The number of thiophene rings is 1. The maximum absolute atomic E-state index is 12.8. The van der Waals surface area contributed by atoms with E-state index >= 15 is 0 Å². The summed E-state index contributed by atoms with van der Waals surface area (Å²) in [6.45, 7) is 1.41. The number of hydrogen-bond acceptors (Lipinski definition) is 4. The lowest BCUT2D eigenvalue weighted by Crippen LogP contribution is -3.06. The van der Waals surface area contributed by atoms with Crippen LogP contribution in [0.2, 0.25) is 5.02 Å². The highest BCUT2D eigenvalue weighted by Crippen LogP contribution is 2.34. The molecule has 0 fully saturated rings. The first-order valence-electron chi connectivity index (χ1n) is 9.24. The van der Waals surface area contributed by atoms with Gasteiger partial charge in [-0.3, -0.25) is 4.79 Å². The predicted octanol–water partition coefficient (Wildman–Crippen LogP) is 3.53. The van der Waals surface area contributed by atoms with Crippen LogP contribution in [0.4, 0.5) is 0 Å². The molecule has 2 aromatic heterocycles. The van der Waals surface area contributed by atoms with E-state index in [1.54, 1.807) is 7.11 Å². The molecule has 148 valence electrons. The average molecular weight is 427 g/mol. The molecule has 0 amide bonds. The number of quaternary nitrogens is 1. The second-order valence-electron chi connectivity index (χ2n) is 6.98. The lowest BCUT2D eigenvalue weighted by Gasteiger charge is -2.14. The van der Waals surface area contributed by atoms with E-state index in [2.05, 4.69) is 18.1 Å². The van der Waals surface area contributed by atoms with Gasteiger partial charge in [-0.25, -0.2) is 4.98 Å². The molecule has 2 N–H and O–H groups in total. The van der Waals surface area contributed by atoms with Crippen molar-refractivity contribution in [2.75, 3.05) is 14.2 Å². The number of aromatic nitrogens is 2. The fraction of sp³-hybridized carbons (Fsp3) is 0.182. The number of fused-ring (bicyclic) bond motifs is 1. The van der Waals surface area contributed by atoms with E-state index in [0.717, 1.165) is 28.3 Å². The first kappa shape index (κ1) is 19.6. The van der Waals surface area contributed by atoms with E-state index in [4.69, 9.17) is 21.3 Å². The molecule has 4 aromatic rings. The van der Waals surface area contributed by atoms with Gasteiger partial charge < -0.3 is 14.6 Å². The van der Waals surface area contributed by atoms with E-state index < -0.39 is 0 Å². The van der Waals surface area contributed by atoms with Gasteiger partial charge in [0.25, 0.3) is 5.56 Å². The molecule has 2 aromatic carbocycles. The van der Waals surface area contributed by atoms with Gasteiger partial charge in [0.15, 0.2) is 5.82 Å². The van der Waals surface area contributed by atoms with Crippen LogP contribution in [0.3, 0.4) is 0 Å². The number of H-pyrrole nitrogens is 1. The molecule has 0 radical (unpaired) electrons. The van der Waals surface area contributed by atoms with Crippen molar-refractivity contribution in [2.24, 2.45) is 0 Å². The number of ether oxygens (including phenoxy) is 1. The number of rotatable bonds is 6. The fourth-order valence-electron chi connectivity index (χ4n) is 3.43. The number of aromatic amines is 1. The van der Waals surface area contributed by atoms with E-state index in [1.807, 2.05) is 47.8 Å². The van der Waals surface area contributed by atoms with Crippen molar-refractivity contribution in [1.29, 1.82) is 0 Å². The number of hydrogen-bond donors (Lipinski definition) is 2. The molecule has 0 aliphatic heterocycles. The summed E-state index contributed by atoms with van der Waals surface area (Å²) in [6, 6.07) is 15.5. The van der Waals surface area contributed by atoms with Crippen LogP contribution in [0.5, 0.6) is 5.75 Å². The summed E-state index contributed by atoms with van der Waals surface area (Å²) >= 11 is 7.79. The molecule has 1 atom stereocenters.